The Morgan fingerprint density at radius 1 is 1.28 bits per heavy atom. The Balaban J connectivity index is 1.91. The predicted molar refractivity (Wildman–Crippen MR) is 74.9 cm³/mol. The van der Waals surface area contributed by atoms with Crippen molar-refractivity contribution in [3.63, 3.8) is 0 Å². The first-order valence-electron chi connectivity index (χ1n) is 6.37. The van der Waals surface area contributed by atoms with Crippen molar-refractivity contribution in [1.82, 2.24) is 4.98 Å². The minimum atomic E-state index is -0.0422. The van der Waals surface area contributed by atoms with E-state index in [1.54, 1.807) is 11.3 Å². The van der Waals surface area contributed by atoms with Crippen molar-refractivity contribution in [2.24, 2.45) is 0 Å². The summed E-state index contributed by atoms with van der Waals surface area (Å²) >= 11 is 1.68. The molecule has 0 spiro atoms. The topological polar surface area (TPSA) is 33.1 Å². The van der Waals surface area contributed by atoms with E-state index in [-0.39, 0.29) is 12.0 Å². The number of benzene rings is 1. The molecule has 1 aliphatic rings. The molecule has 1 heterocycles. The number of hydrogen-bond donors (Lipinski definition) is 1. The molecule has 0 aliphatic heterocycles. The lowest BCUT2D eigenvalue weighted by molar-refractivity contribution is 0.117. The second-order valence-corrected chi connectivity index (χ2v) is 6.05. The highest BCUT2D eigenvalue weighted by molar-refractivity contribution is 7.13. The molecular weight excluding hydrogens is 242 g/mol. The van der Waals surface area contributed by atoms with Gasteiger partial charge in [0, 0.05) is 16.4 Å². The SMILES string of the molecule is Cc1ccc(-c2nc(C3(CO)CCC3)cs2)cc1. The number of thiazole rings is 1. The summed E-state index contributed by atoms with van der Waals surface area (Å²) in [5, 5.41) is 12.7. The smallest absolute Gasteiger partial charge is 0.123 e. The molecule has 0 atom stereocenters. The molecule has 3 rings (SSSR count). The maximum absolute atomic E-state index is 9.57. The fraction of sp³-hybridized carbons (Fsp3) is 0.400. The average Bonchev–Trinajstić information content (AvgIpc) is 2.79. The molecule has 0 unspecified atom stereocenters. The lowest BCUT2D eigenvalue weighted by Crippen LogP contribution is -2.38. The molecule has 1 saturated carbocycles. The first-order valence-corrected chi connectivity index (χ1v) is 7.25. The summed E-state index contributed by atoms with van der Waals surface area (Å²) in [7, 11) is 0. The van der Waals surface area contributed by atoms with Crippen LogP contribution < -0.4 is 0 Å². The zero-order chi connectivity index (χ0) is 12.6. The standard InChI is InChI=1S/C15H17NOS/c1-11-3-5-12(6-4-11)14-16-13(9-18-14)15(10-17)7-2-8-15/h3-6,9,17H,2,7-8,10H2,1H3. The first kappa shape index (κ1) is 11.9. The molecule has 1 aliphatic carbocycles. The summed E-state index contributed by atoms with van der Waals surface area (Å²) in [6.45, 7) is 2.32. The van der Waals surface area contributed by atoms with Crippen molar-refractivity contribution in [3.05, 3.63) is 40.9 Å². The van der Waals surface area contributed by atoms with Crippen LogP contribution in [0, 0.1) is 6.92 Å². The summed E-state index contributed by atoms with van der Waals surface area (Å²) < 4.78 is 0. The Bertz CT molecular complexity index is 534. The van der Waals surface area contributed by atoms with Gasteiger partial charge in [-0.1, -0.05) is 36.2 Å². The molecule has 94 valence electrons. The van der Waals surface area contributed by atoms with Crippen LogP contribution >= 0.6 is 11.3 Å². The van der Waals surface area contributed by atoms with Gasteiger partial charge in [-0.15, -0.1) is 11.3 Å². The fourth-order valence-corrected chi connectivity index (χ4v) is 3.39. The van der Waals surface area contributed by atoms with E-state index in [1.165, 1.54) is 17.5 Å². The number of aliphatic hydroxyl groups is 1. The van der Waals surface area contributed by atoms with Crippen LogP contribution in [0.15, 0.2) is 29.6 Å². The van der Waals surface area contributed by atoms with Gasteiger partial charge < -0.3 is 5.11 Å². The number of aliphatic hydroxyl groups excluding tert-OH is 1. The minimum absolute atomic E-state index is 0.0422. The van der Waals surface area contributed by atoms with E-state index in [9.17, 15) is 5.11 Å². The van der Waals surface area contributed by atoms with Gasteiger partial charge in [-0.3, -0.25) is 0 Å². The van der Waals surface area contributed by atoms with Crippen LogP contribution in [-0.2, 0) is 5.41 Å². The highest BCUT2D eigenvalue weighted by atomic mass is 32.1. The average molecular weight is 259 g/mol. The van der Waals surface area contributed by atoms with Gasteiger partial charge in [0.15, 0.2) is 0 Å². The van der Waals surface area contributed by atoms with E-state index >= 15 is 0 Å². The van der Waals surface area contributed by atoms with Crippen LogP contribution in [0.25, 0.3) is 10.6 Å². The molecule has 2 nitrogen and oxygen atoms in total. The third-order valence-corrected chi connectivity index (χ3v) is 4.85. The number of aryl methyl sites for hydroxylation is 1. The molecule has 1 aromatic carbocycles. The Morgan fingerprint density at radius 3 is 2.56 bits per heavy atom. The molecule has 0 amide bonds. The van der Waals surface area contributed by atoms with E-state index in [0.29, 0.717) is 0 Å². The van der Waals surface area contributed by atoms with E-state index in [4.69, 9.17) is 4.98 Å². The second-order valence-electron chi connectivity index (χ2n) is 5.20. The molecule has 0 bridgehead atoms. The van der Waals surface area contributed by atoms with Crippen LogP contribution in [0.1, 0.15) is 30.5 Å². The van der Waals surface area contributed by atoms with Crippen LogP contribution in [0.3, 0.4) is 0 Å². The number of nitrogens with zero attached hydrogens (tertiary/aromatic N) is 1. The van der Waals surface area contributed by atoms with Crippen molar-refractivity contribution < 1.29 is 5.11 Å². The van der Waals surface area contributed by atoms with Crippen LogP contribution in [0.4, 0.5) is 0 Å². The molecule has 2 aromatic rings. The minimum Gasteiger partial charge on any atom is -0.395 e. The molecule has 0 radical (unpaired) electrons. The summed E-state index contributed by atoms with van der Waals surface area (Å²) in [5.41, 5.74) is 3.47. The maximum atomic E-state index is 9.57. The Labute approximate surface area is 111 Å². The van der Waals surface area contributed by atoms with Gasteiger partial charge in [-0.2, -0.15) is 0 Å². The van der Waals surface area contributed by atoms with Gasteiger partial charge in [-0.25, -0.2) is 4.98 Å². The van der Waals surface area contributed by atoms with E-state index in [2.05, 4.69) is 36.6 Å². The summed E-state index contributed by atoms with van der Waals surface area (Å²) in [4.78, 5) is 4.73. The molecule has 1 aromatic heterocycles. The van der Waals surface area contributed by atoms with Gasteiger partial charge in [0.2, 0.25) is 0 Å². The lowest BCUT2D eigenvalue weighted by Gasteiger charge is -2.38. The third-order valence-electron chi connectivity index (χ3n) is 3.96. The monoisotopic (exact) mass is 259 g/mol. The third kappa shape index (κ3) is 1.88. The van der Waals surface area contributed by atoms with Crippen molar-refractivity contribution in [3.8, 4) is 10.6 Å². The fourth-order valence-electron chi connectivity index (χ4n) is 2.44. The van der Waals surface area contributed by atoms with Crippen molar-refractivity contribution in [2.45, 2.75) is 31.6 Å². The first-order chi connectivity index (χ1) is 8.73. The van der Waals surface area contributed by atoms with E-state index < -0.39 is 0 Å². The van der Waals surface area contributed by atoms with Crippen LogP contribution in [0.5, 0.6) is 0 Å². The van der Waals surface area contributed by atoms with Crippen LogP contribution in [0.2, 0.25) is 0 Å². The normalized spacial score (nSPS) is 17.4. The molecule has 1 N–H and O–H groups in total. The molecule has 0 saturated heterocycles. The number of hydrogen-bond acceptors (Lipinski definition) is 3. The highest BCUT2D eigenvalue weighted by Gasteiger charge is 2.40. The lowest BCUT2D eigenvalue weighted by atomic mass is 9.67. The van der Waals surface area contributed by atoms with Crippen LogP contribution in [-0.4, -0.2) is 16.7 Å². The summed E-state index contributed by atoms with van der Waals surface area (Å²) in [6.07, 6.45) is 3.35. The predicted octanol–water partition coefficient (Wildman–Crippen LogP) is 3.53. The Hall–Kier alpha value is -1.19. The maximum Gasteiger partial charge on any atom is 0.123 e. The molecule has 1 fully saturated rings. The van der Waals surface area contributed by atoms with Gasteiger partial charge in [0.05, 0.1) is 12.3 Å². The number of aromatic nitrogens is 1. The van der Waals surface area contributed by atoms with E-state index in [0.717, 1.165) is 23.5 Å². The second kappa shape index (κ2) is 4.48. The van der Waals surface area contributed by atoms with Crippen molar-refractivity contribution in [1.29, 1.82) is 0 Å². The van der Waals surface area contributed by atoms with Gasteiger partial charge in [0.25, 0.3) is 0 Å². The zero-order valence-electron chi connectivity index (χ0n) is 10.5. The molecule has 18 heavy (non-hydrogen) atoms. The van der Waals surface area contributed by atoms with Crippen molar-refractivity contribution >= 4 is 11.3 Å². The zero-order valence-corrected chi connectivity index (χ0v) is 11.3. The Morgan fingerprint density at radius 2 is 2.00 bits per heavy atom. The number of rotatable bonds is 3. The van der Waals surface area contributed by atoms with Gasteiger partial charge >= 0.3 is 0 Å². The largest absolute Gasteiger partial charge is 0.395 e. The summed E-state index contributed by atoms with van der Waals surface area (Å²) in [5.74, 6) is 0. The Kier molecular flexibility index (Phi) is 2.96. The van der Waals surface area contributed by atoms with Gasteiger partial charge in [0.1, 0.15) is 5.01 Å². The molecular formula is C15H17NOS. The van der Waals surface area contributed by atoms with E-state index in [1.807, 2.05) is 0 Å². The highest BCUT2D eigenvalue weighted by Crippen LogP contribution is 2.44. The molecule has 3 heteroatoms. The van der Waals surface area contributed by atoms with Gasteiger partial charge in [-0.05, 0) is 19.8 Å². The summed E-state index contributed by atoms with van der Waals surface area (Å²) in [6, 6.07) is 8.46. The van der Waals surface area contributed by atoms with Crippen molar-refractivity contribution in [2.75, 3.05) is 6.61 Å². The quantitative estimate of drug-likeness (QED) is 0.914.